The van der Waals surface area contributed by atoms with Crippen molar-refractivity contribution in [1.82, 2.24) is 5.32 Å². The number of carboxylic acid groups (broad SMARTS) is 2. The molecule has 25 heavy (non-hydrogen) atoms. The molecule has 136 valence electrons. The first-order chi connectivity index (χ1) is 11.8. The van der Waals surface area contributed by atoms with Crippen LogP contribution < -0.4 is 11.1 Å². The highest BCUT2D eigenvalue weighted by atomic mass is 32.1. The van der Waals surface area contributed by atoms with Crippen LogP contribution in [-0.4, -0.2) is 51.7 Å². The molecular formula is C16H20N2O6S. The van der Waals surface area contributed by atoms with E-state index in [9.17, 15) is 19.2 Å². The summed E-state index contributed by atoms with van der Waals surface area (Å²) in [6, 6.07) is 6.20. The molecule has 5 N–H and O–H groups in total. The van der Waals surface area contributed by atoms with Gasteiger partial charge in [0.15, 0.2) is 5.78 Å². The van der Waals surface area contributed by atoms with Gasteiger partial charge in [-0.1, -0.05) is 30.3 Å². The third kappa shape index (κ3) is 6.55. The minimum absolute atomic E-state index is 0.0583. The summed E-state index contributed by atoms with van der Waals surface area (Å²) in [5, 5.41) is 20.2. The predicted octanol–water partition coefficient (Wildman–Crippen LogP) is -0.284. The summed E-state index contributed by atoms with van der Waals surface area (Å²) in [5.41, 5.74) is 6.20. The summed E-state index contributed by atoms with van der Waals surface area (Å²) in [4.78, 5) is 46.4. The Morgan fingerprint density at radius 2 is 1.72 bits per heavy atom. The van der Waals surface area contributed by atoms with Gasteiger partial charge >= 0.3 is 11.9 Å². The Labute approximate surface area is 149 Å². The van der Waals surface area contributed by atoms with Gasteiger partial charge in [0.1, 0.15) is 5.92 Å². The lowest BCUT2D eigenvalue weighted by Crippen LogP contribution is -2.52. The maximum atomic E-state index is 12.5. The number of Topliss-reactive ketones (excluding diaryl/α,β-unsaturated/α-hetero) is 1. The fourth-order valence-corrected chi connectivity index (χ4v) is 2.50. The first-order valence-electron chi connectivity index (χ1n) is 7.45. The summed E-state index contributed by atoms with van der Waals surface area (Å²) in [5.74, 6) is -5.78. The number of benzene rings is 1. The zero-order valence-corrected chi connectivity index (χ0v) is 14.2. The zero-order valence-electron chi connectivity index (χ0n) is 13.3. The van der Waals surface area contributed by atoms with E-state index in [0.717, 1.165) is 0 Å². The molecule has 9 heteroatoms. The Morgan fingerprint density at radius 1 is 1.12 bits per heavy atom. The van der Waals surface area contributed by atoms with Crippen molar-refractivity contribution in [3.63, 3.8) is 0 Å². The van der Waals surface area contributed by atoms with Crippen molar-refractivity contribution >= 4 is 36.3 Å². The number of nitrogens with one attached hydrogen (secondary N) is 1. The first-order valence-corrected chi connectivity index (χ1v) is 8.08. The van der Waals surface area contributed by atoms with Crippen LogP contribution in [0.2, 0.25) is 0 Å². The molecule has 3 atom stereocenters. The number of thiol groups is 1. The Kier molecular flexibility index (Phi) is 8.09. The number of ketones is 1. The van der Waals surface area contributed by atoms with E-state index >= 15 is 0 Å². The average molecular weight is 368 g/mol. The van der Waals surface area contributed by atoms with Crippen LogP contribution in [0.25, 0.3) is 0 Å². The number of rotatable bonds is 10. The number of hydrogen-bond donors (Lipinski definition) is 5. The normalized spacial score (nSPS) is 14.2. The molecule has 0 heterocycles. The summed E-state index contributed by atoms with van der Waals surface area (Å²) >= 11 is 3.87. The molecule has 8 nitrogen and oxygen atoms in total. The molecular weight excluding hydrogens is 348 g/mol. The Hall–Kier alpha value is -2.39. The Balaban J connectivity index is 2.98. The molecule has 1 amide bonds. The second-order valence-electron chi connectivity index (χ2n) is 5.43. The van der Waals surface area contributed by atoms with E-state index in [2.05, 4.69) is 17.9 Å². The lowest BCUT2D eigenvalue weighted by Gasteiger charge is -2.22. The number of carbonyl (C=O) groups excluding carboxylic acids is 2. The number of aliphatic carboxylic acids is 2. The second kappa shape index (κ2) is 9.80. The lowest BCUT2D eigenvalue weighted by molar-refractivity contribution is -0.146. The van der Waals surface area contributed by atoms with Crippen LogP contribution in [0, 0.1) is 5.92 Å². The van der Waals surface area contributed by atoms with Crippen LogP contribution in [0.5, 0.6) is 0 Å². The third-order valence-electron chi connectivity index (χ3n) is 3.50. The highest BCUT2D eigenvalue weighted by Crippen LogP contribution is 2.11. The van der Waals surface area contributed by atoms with Crippen molar-refractivity contribution < 1.29 is 29.4 Å². The minimum Gasteiger partial charge on any atom is -0.481 e. The third-order valence-corrected chi connectivity index (χ3v) is 3.86. The van der Waals surface area contributed by atoms with Crippen molar-refractivity contribution in [2.75, 3.05) is 5.75 Å². The van der Waals surface area contributed by atoms with Gasteiger partial charge in [-0.2, -0.15) is 12.6 Å². The maximum absolute atomic E-state index is 12.5. The largest absolute Gasteiger partial charge is 0.481 e. The minimum atomic E-state index is -1.40. The molecule has 0 aliphatic heterocycles. The van der Waals surface area contributed by atoms with E-state index in [4.69, 9.17) is 15.9 Å². The maximum Gasteiger partial charge on any atom is 0.314 e. The van der Waals surface area contributed by atoms with Crippen LogP contribution in [0.3, 0.4) is 0 Å². The summed E-state index contributed by atoms with van der Waals surface area (Å²) in [6.45, 7) is 0. The zero-order chi connectivity index (χ0) is 19.0. The van der Waals surface area contributed by atoms with Crippen molar-refractivity contribution in [1.29, 1.82) is 0 Å². The fourth-order valence-electron chi connectivity index (χ4n) is 2.16. The van der Waals surface area contributed by atoms with Crippen LogP contribution in [0.15, 0.2) is 30.3 Å². The quantitative estimate of drug-likeness (QED) is 0.282. The molecule has 1 aromatic carbocycles. The smallest absolute Gasteiger partial charge is 0.314 e. The van der Waals surface area contributed by atoms with Crippen LogP contribution >= 0.6 is 12.6 Å². The molecule has 0 fully saturated rings. The van der Waals surface area contributed by atoms with Gasteiger partial charge in [0.05, 0.1) is 18.5 Å². The standard InChI is InChI=1S/C16H20N2O6S/c17-11(7-13(19)20)15(22)18-12(6-9-4-2-1-3-5-9)14(21)10(8-25)16(23)24/h1-5,10-12,25H,6-8,17H2,(H,18,22)(H,19,20)(H,23,24)/t10?,11-,12-/m0/s1. The van der Waals surface area contributed by atoms with Crippen LogP contribution in [0.4, 0.5) is 0 Å². The number of carboxylic acids is 2. The summed E-state index contributed by atoms with van der Waals surface area (Å²) < 4.78 is 0. The molecule has 1 unspecified atom stereocenters. The average Bonchev–Trinajstić information content (AvgIpc) is 2.54. The molecule has 0 aliphatic carbocycles. The van der Waals surface area contributed by atoms with E-state index < -0.39 is 48.1 Å². The molecule has 0 aromatic heterocycles. The summed E-state index contributed by atoms with van der Waals surface area (Å²) in [6.07, 6.45) is -0.546. The molecule has 0 aliphatic rings. The molecule has 1 rings (SSSR count). The van der Waals surface area contributed by atoms with Crippen molar-refractivity contribution in [2.45, 2.75) is 24.9 Å². The van der Waals surface area contributed by atoms with Crippen LogP contribution in [0.1, 0.15) is 12.0 Å². The predicted molar refractivity (Wildman–Crippen MR) is 92.3 cm³/mol. The first kappa shape index (κ1) is 20.7. The van der Waals surface area contributed by atoms with E-state index in [-0.39, 0.29) is 12.2 Å². The van der Waals surface area contributed by atoms with Gasteiger partial charge in [-0.25, -0.2) is 0 Å². The van der Waals surface area contributed by atoms with Gasteiger partial charge < -0.3 is 21.3 Å². The van der Waals surface area contributed by atoms with Gasteiger partial charge in [0.25, 0.3) is 0 Å². The Bertz CT molecular complexity index is 637. The van der Waals surface area contributed by atoms with E-state index in [1.165, 1.54) is 0 Å². The molecule has 0 bridgehead atoms. The molecule has 0 spiro atoms. The van der Waals surface area contributed by atoms with Crippen molar-refractivity contribution in [2.24, 2.45) is 11.7 Å². The van der Waals surface area contributed by atoms with Gasteiger partial charge in [0.2, 0.25) is 5.91 Å². The second-order valence-corrected chi connectivity index (χ2v) is 5.80. The molecule has 0 saturated heterocycles. The highest BCUT2D eigenvalue weighted by Gasteiger charge is 2.33. The van der Waals surface area contributed by atoms with Gasteiger partial charge in [0, 0.05) is 5.75 Å². The van der Waals surface area contributed by atoms with Gasteiger partial charge in [-0.15, -0.1) is 0 Å². The van der Waals surface area contributed by atoms with Gasteiger partial charge in [-0.3, -0.25) is 19.2 Å². The van der Waals surface area contributed by atoms with E-state index in [1.807, 2.05) is 0 Å². The highest BCUT2D eigenvalue weighted by molar-refractivity contribution is 7.80. The molecule has 0 saturated carbocycles. The number of nitrogens with two attached hydrogens (primary N) is 1. The summed E-state index contributed by atoms with van der Waals surface area (Å²) in [7, 11) is 0. The number of amides is 1. The van der Waals surface area contributed by atoms with Gasteiger partial charge in [-0.05, 0) is 12.0 Å². The number of carbonyl (C=O) groups is 4. The Morgan fingerprint density at radius 3 is 2.20 bits per heavy atom. The lowest BCUT2D eigenvalue weighted by atomic mass is 9.94. The monoisotopic (exact) mass is 368 g/mol. The SMILES string of the molecule is N[C@@H](CC(=O)O)C(=O)N[C@@H](Cc1ccccc1)C(=O)C(CS)C(=O)O. The molecule has 1 aromatic rings. The van der Waals surface area contributed by atoms with Crippen molar-refractivity contribution in [3.8, 4) is 0 Å². The topological polar surface area (TPSA) is 147 Å². The van der Waals surface area contributed by atoms with E-state index in [0.29, 0.717) is 5.56 Å². The van der Waals surface area contributed by atoms with E-state index in [1.54, 1.807) is 30.3 Å². The fraction of sp³-hybridized carbons (Fsp3) is 0.375. The van der Waals surface area contributed by atoms with Crippen LogP contribution in [-0.2, 0) is 25.6 Å². The molecule has 0 radical (unpaired) electrons. The number of hydrogen-bond acceptors (Lipinski definition) is 6. The van der Waals surface area contributed by atoms with Crippen molar-refractivity contribution in [3.05, 3.63) is 35.9 Å².